The van der Waals surface area contributed by atoms with Gasteiger partial charge in [-0.1, -0.05) is 24.3 Å². The molecule has 29 heavy (non-hydrogen) atoms. The Kier molecular flexibility index (Phi) is 6.46. The summed E-state index contributed by atoms with van der Waals surface area (Å²) < 4.78 is 10.8. The van der Waals surface area contributed by atoms with Crippen LogP contribution < -0.4 is 20.1 Å². The molecule has 0 spiro atoms. The van der Waals surface area contributed by atoms with E-state index in [2.05, 4.69) is 15.6 Å². The van der Waals surface area contributed by atoms with Crippen LogP contribution in [0.5, 0.6) is 11.5 Å². The van der Waals surface area contributed by atoms with Gasteiger partial charge in [0.25, 0.3) is 5.91 Å². The summed E-state index contributed by atoms with van der Waals surface area (Å²) in [7, 11) is 4.71. The number of benzene rings is 2. The second kappa shape index (κ2) is 9.20. The molecular formula is C21H21N3O4S. The lowest BCUT2D eigenvalue weighted by atomic mass is 10.1. The van der Waals surface area contributed by atoms with E-state index in [0.717, 1.165) is 11.1 Å². The number of aromatic nitrogens is 1. The number of ether oxygens (including phenoxy) is 2. The minimum Gasteiger partial charge on any atom is -0.493 e. The summed E-state index contributed by atoms with van der Waals surface area (Å²) >= 11 is 1.34. The maximum Gasteiger partial charge on any atom is 0.275 e. The van der Waals surface area contributed by atoms with Crippen molar-refractivity contribution in [3.05, 3.63) is 59.1 Å². The molecule has 0 radical (unpaired) electrons. The van der Waals surface area contributed by atoms with Gasteiger partial charge >= 0.3 is 0 Å². The molecule has 7 nitrogen and oxygen atoms in total. The van der Waals surface area contributed by atoms with Gasteiger partial charge < -0.3 is 20.1 Å². The Bertz CT molecular complexity index is 1030. The van der Waals surface area contributed by atoms with Gasteiger partial charge in [0.15, 0.2) is 11.5 Å². The quantitative estimate of drug-likeness (QED) is 0.622. The summed E-state index contributed by atoms with van der Waals surface area (Å²) in [5.41, 5.74) is 2.33. The molecule has 8 heteroatoms. The summed E-state index contributed by atoms with van der Waals surface area (Å²) in [5.74, 6) is 0.674. The Morgan fingerprint density at radius 3 is 2.59 bits per heavy atom. The van der Waals surface area contributed by atoms with E-state index < -0.39 is 0 Å². The van der Waals surface area contributed by atoms with E-state index in [-0.39, 0.29) is 23.9 Å². The smallest absolute Gasteiger partial charge is 0.275 e. The minimum atomic E-state index is -0.348. The summed E-state index contributed by atoms with van der Waals surface area (Å²) in [6.07, 6.45) is 0.177. The van der Waals surface area contributed by atoms with Gasteiger partial charge in [0.1, 0.15) is 10.7 Å². The fourth-order valence-electron chi connectivity index (χ4n) is 2.80. The molecule has 0 atom stereocenters. The Morgan fingerprint density at radius 2 is 1.86 bits per heavy atom. The van der Waals surface area contributed by atoms with E-state index in [0.29, 0.717) is 22.2 Å². The summed E-state index contributed by atoms with van der Waals surface area (Å²) in [5, 5.41) is 7.75. The highest BCUT2D eigenvalue weighted by Gasteiger charge is 2.18. The predicted molar refractivity (Wildman–Crippen MR) is 113 cm³/mol. The van der Waals surface area contributed by atoms with Crippen molar-refractivity contribution in [3.8, 4) is 22.1 Å². The van der Waals surface area contributed by atoms with Crippen molar-refractivity contribution in [3.63, 3.8) is 0 Å². The maximum atomic E-state index is 12.7. The summed E-state index contributed by atoms with van der Waals surface area (Å²) in [6.45, 7) is 0. The molecule has 0 bridgehead atoms. The van der Waals surface area contributed by atoms with Crippen LogP contribution in [-0.4, -0.2) is 38.1 Å². The first-order valence-electron chi connectivity index (χ1n) is 8.84. The number of methoxy groups -OCH3 is 2. The topological polar surface area (TPSA) is 89.6 Å². The highest BCUT2D eigenvalue weighted by atomic mass is 32.1. The molecule has 2 amide bonds. The second-order valence-corrected chi connectivity index (χ2v) is 6.90. The van der Waals surface area contributed by atoms with Gasteiger partial charge in [-0.05, 0) is 23.8 Å². The molecule has 2 N–H and O–H groups in total. The normalized spacial score (nSPS) is 10.3. The van der Waals surface area contributed by atoms with Crippen molar-refractivity contribution in [1.82, 2.24) is 10.3 Å². The Balaban J connectivity index is 1.84. The lowest BCUT2D eigenvalue weighted by Gasteiger charge is -2.11. The molecule has 3 aromatic rings. The highest BCUT2D eigenvalue weighted by molar-refractivity contribution is 7.13. The first-order chi connectivity index (χ1) is 14.1. The third-order valence-electron chi connectivity index (χ3n) is 4.27. The van der Waals surface area contributed by atoms with Gasteiger partial charge in [-0.15, -0.1) is 11.3 Å². The first kappa shape index (κ1) is 20.3. The Hall–Kier alpha value is -3.39. The lowest BCUT2D eigenvalue weighted by molar-refractivity contribution is -0.119. The fraction of sp³-hybridized carbons (Fsp3) is 0.190. The van der Waals surface area contributed by atoms with Gasteiger partial charge in [0, 0.05) is 18.1 Å². The molecule has 150 valence electrons. The molecule has 0 saturated heterocycles. The van der Waals surface area contributed by atoms with Crippen LogP contribution in [0.25, 0.3) is 10.6 Å². The fourth-order valence-corrected chi connectivity index (χ4v) is 3.62. The molecule has 1 aromatic heterocycles. The Labute approximate surface area is 172 Å². The minimum absolute atomic E-state index is 0.132. The SMILES string of the molecule is CNC(=O)Cc1ccccc1NC(=O)c1csc(-c2cccc(OC)c2OC)n1. The number of rotatable bonds is 7. The van der Waals surface area contributed by atoms with E-state index in [1.54, 1.807) is 50.9 Å². The van der Waals surface area contributed by atoms with Crippen LogP contribution in [0, 0.1) is 0 Å². The number of carbonyl (C=O) groups excluding carboxylic acids is 2. The predicted octanol–water partition coefficient (Wildman–Crippen LogP) is 3.37. The van der Waals surface area contributed by atoms with E-state index in [1.807, 2.05) is 18.2 Å². The van der Waals surface area contributed by atoms with Gasteiger partial charge in [-0.2, -0.15) is 0 Å². The molecular weight excluding hydrogens is 390 g/mol. The van der Waals surface area contributed by atoms with Crippen molar-refractivity contribution in [1.29, 1.82) is 0 Å². The number of hydrogen-bond acceptors (Lipinski definition) is 6. The molecule has 0 aliphatic heterocycles. The second-order valence-electron chi connectivity index (χ2n) is 6.04. The maximum absolute atomic E-state index is 12.7. The monoisotopic (exact) mass is 411 g/mol. The number of para-hydroxylation sites is 2. The molecule has 0 fully saturated rings. The van der Waals surface area contributed by atoms with Crippen molar-refractivity contribution >= 4 is 28.8 Å². The average Bonchev–Trinajstić information content (AvgIpc) is 3.24. The zero-order chi connectivity index (χ0) is 20.8. The number of hydrogen-bond donors (Lipinski definition) is 2. The van der Waals surface area contributed by atoms with Crippen LogP contribution in [0.4, 0.5) is 5.69 Å². The average molecular weight is 411 g/mol. The third-order valence-corrected chi connectivity index (χ3v) is 5.14. The lowest BCUT2D eigenvalue weighted by Crippen LogP contribution is -2.21. The molecule has 3 rings (SSSR count). The largest absolute Gasteiger partial charge is 0.493 e. The molecule has 0 aliphatic carbocycles. The summed E-state index contributed by atoms with van der Waals surface area (Å²) in [4.78, 5) is 28.9. The van der Waals surface area contributed by atoms with Crippen molar-refractivity contribution in [2.45, 2.75) is 6.42 Å². The zero-order valence-corrected chi connectivity index (χ0v) is 17.1. The molecule has 0 saturated carbocycles. The van der Waals surface area contributed by atoms with Crippen molar-refractivity contribution < 1.29 is 19.1 Å². The van der Waals surface area contributed by atoms with Crippen molar-refractivity contribution in [2.75, 3.05) is 26.6 Å². The van der Waals surface area contributed by atoms with Crippen LogP contribution in [0.1, 0.15) is 16.1 Å². The molecule has 2 aromatic carbocycles. The van der Waals surface area contributed by atoms with Crippen LogP contribution in [0.2, 0.25) is 0 Å². The van der Waals surface area contributed by atoms with E-state index in [4.69, 9.17) is 9.47 Å². The van der Waals surface area contributed by atoms with E-state index in [1.165, 1.54) is 11.3 Å². The molecule has 0 aliphatic rings. The number of nitrogens with one attached hydrogen (secondary N) is 2. The van der Waals surface area contributed by atoms with Crippen LogP contribution in [0.3, 0.4) is 0 Å². The van der Waals surface area contributed by atoms with Crippen LogP contribution >= 0.6 is 11.3 Å². The van der Waals surface area contributed by atoms with Gasteiger partial charge in [0.2, 0.25) is 5.91 Å². The number of thiazole rings is 1. The van der Waals surface area contributed by atoms with E-state index in [9.17, 15) is 9.59 Å². The highest BCUT2D eigenvalue weighted by Crippen LogP contribution is 2.39. The van der Waals surface area contributed by atoms with Gasteiger partial charge in [-0.25, -0.2) is 4.98 Å². The number of amides is 2. The van der Waals surface area contributed by atoms with E-state index >= 15 is 0 Å². The van der Waals surface area contributed by atoms with Crippen LogP contribution in [-0.2, 0) is 11.2 Å². The molecule has 1 heterocycles. The number of nitrogens with zero attached hydrogens (tertiary/aromatic N) is 1. The van der Waals surface area contributed by atoms with Crippen LogP contribution in [0.15, 0.2) is 47.8 Å². The van der Waals surface area contributed by atoms with Gasteiger partial charge in [0.05, 0.1) is 26.2 Å². The Morgan fingerprint density at radius 1 is 1.07 bits per heavy atom. The number of likely N-dealkylation sites (N-methyl/N-ethyl adjacent to an activating group) is 1. The third kappa shape index (κ3) is 4.55. The van der Waals surface area contributed by atoms with Crippen molar-refractivity contribution in [2.24, 2.45) is 0 Å². The molecule has 0 unspecified atom stereocenters. The van der Waals surface area contributed by atoms with Gasteiger partial charge in [-0.3, -0.25) is 9.59 Å². The zero-order valence-electron chi connectivity index (χ0n) is 16.3. The number of carbonyl (C=O) groups is 2. The standard InChI is InChI=1S/C21H21N3O4S/c1-22-18(25)11-13-7-4-5-9-15(13)23-20(26)16-12-29-21(24-16)14-8-6-10-17(27-2)19(14)28-3/h4-10,12H,11H2,1-3H3,(H,22,25)(H,23,26). The summed E-state index contributed by atoms with van der Waals surface area (Å²) in [6, 6.07) is 12.7. The first-order valence-corrected chi connectivity index (χ1v) is 9.72. The number of anilines is 1.